The van der Waals surface area contributed by atoms with Crippen LogP contribution in [0.3, 0.4) is 0 Å². The smallest absolute Gasteiger partial charge is 0.317 e. The summed E-state index contributed by atoms with van der Waals surface area (Å²) in [7, 11) is -3.46. The van der Waals surface area contributed by atoms with Gasteiger partial charge in [0, 0.05) is 24.4 Å². The van der Waals surface area contributed by atoms with Crippen molar-refractivity contribution in [1.29, 1.82) is 0 Å². The second-order valence-electron chi connectivity index (χ2n) is 7.04. The van der Waals surface area contributed by atoms with Crippen molar-refractivity contribution in [3.8, 4) is 6.01 Å². The minimum Gasteiger partial charge on any atom is -0.458 e. The van der Waals surface area contributed by atoms with Crippen molar-refractivity contribution >= 4 is 15.7 Å². The number of carbonyl (C=O) groups excluding carboxylic acids is 1. The first kappa shape index (κ1) is 20.3. The van der Waals surface area contributed by atoms with Gasteiger partial charge in [-0.05, 0) is 44.9 Å². The molecule has 1 saturated heterocycles. The normalized spacial score (nSPS) is 17.4. The fraction of sp³-hybridized carbons (Fsp3) is 0.450. The molecule has 0 radical (unpaired) electrons. The second-order valence-corrected chi connectivity index (χ2v) is 9.15. The Bertz CT molecular complexity index is 911. The average Bonchev–Trinajstić information content (AvgIpc) is 2.66. The molecule has 1 aliphatic rings. The Morgan fingerprint density at radius 1 is 1.18 bits per heavy atom. The SMILES string of the molecule is Cc1cc(C)nc(OC2CCCN(C(=O)CCS(=O)(=O)c3ccccc3)C2)n1. The van der Waals surface area contributed by atoms with Crippen LogP contribution in [-0.2, 0) is 14.6 Å². The standard InChI is InChI=1S/C20H25N3O4S/c1-15-13-16(2)22-20(21-15)27-17-7-6-11-23(14-17)19(24)10-12-28(25,26)18-8-4-3-5-9-18/h3-5,8-9,13,17H,6-7,10-12,14H2,1-2H3. The van der Waals surface area contributed by atoms with Gasteiger partial charge in [0.25, 0.3) is 0 Å². The van der Waals surface area contributed by atoms with E-state index in [0.717, 1.165) is 24.2 Å². The van der Waals surface area contributed by atoms with Crippen molar-refractivity contribution in [3.05, 3.63) is 47.8 Å². The van der Waals surface area contributed by atoms with Gasteiger partial charge in [-0.15, -0.1) is 0 Å². The lowest BCUT2D eigenvalue weighted by atomic mass is 10.1. The monoisotopic (exact) mass is 403 g/mol. The number of ether oxygens (including phenoxy) is 1. The van der Waals surface area contributed by atoms with Gasteiger partial charge in [0.1, 0.15) is 6.10 Å². The Morgan fingerprint density at radius 2 is 1.86 bits per heavy atom. The molecule has 2 heterocycles. The summed E-state index contributed by atoms with van der Waals surface area (Å²) in [5, 5.41) is 0. The van der Waals surface area contributed by atoms with Crippen LogP contribution in [0.15, 0.2) is 41.3 Å². The Labute approximate surface area is 165 Å². The number of aromatic nitrogens is 2. The maximum Gasteiger partial charge on any atom is 0.317 e. The third kappa shape index (κ3) is 5.28. The van der Waals surface area contributed by atoms with Gasteiger partial charge in [0.15, 0.2) is 9.84 Å². The van der Waals surface area contributed by atoms with E-state index in [1.54, 1.807) is 35.2 Å². The third-order valence-corrected chi connectivity index (χ3v) is 6.38. The number of aryl methyl sites for hydroxylation is 2. The molecule has 7 nitrogen and oxygen atoms in total. The third-order valence-electron chi connectivity index (χ3n) is 4.65. The lowest BCUT2D eigenvalue weighted by molar-refractivity contribution is -0.133. The van der Waals surface area contributed by atoms with Crippen molar-refractivity contribution in [2.75, 3.05) is 18.8 Å². The fourth-order valence-electron chi connectivity index (χ4n) is 3.28. The van der Waals surface area contributed by atoms with Crippen LogP contribution in [-0.4, -0.2) is 54.1 Å². The molecule has 0 N–H and O–H groups in total. The van der Waals surface area contributed by atoms with Gasteiger partial charge < -0.3 is 9.64 Å². The summed E-state index contributed by atoms with van der Waals surface area (Å²) in [5.41, 5.74) is 1.66. The highest BCUT2D eigenvalue weighted by Crippen LogP contribution is 2.18. The largest absolute Gasteiger partial charge is 0.458 e. The molecular weight excluding hydrogens is 378 g/mol. The van der Waals surface area contributed by atoms with E-state index in [1.807, 2.05) is 19.9 Å². The minimum absolute atomic E-state index is 0.0377. The second kappa shape index (κ2) is 8.68. The van der Waals surface area contributed by atoms with Crippen molar-refractivity contribution in [1.82, 2.24) is 14.9 Å². The van der Waals surface area contributed by atoms with Crippen molar-refractivity contribution < 1.29 is 17.9 Å². The number of sulfone groups is 1. The first-order chi connectivity index (χ1) is 13.3. The molecule has 2 aromatic rings. The van der Waals surface area contributed by atoms with Crippen LogP contribution in [0.2, 0.25) is 0 Å². The molecule has 150 valence electrons. The van der Waals surface area contributed by atoms with Crippen LogP contribution in [0.1, 0.15) is 30.7 Å². The number of carbonyl (C=O) groups is 1. The number of piperidine rings is 1. The van der Waals surface area contributed by atoms with Gasteiger partial charge in [-0.3, -0.25) is 4.79 Å². The molecular formula is C20H25N3O4S. The van der Waals surface area contributed by atoms with E-state index >= 15 is 0 Å². The highest BCUT2D eigenvalue weighted by molar-refractivity contribution is 7.91. The lowest BCUT2D eigenvalue weighted by Gasteiger charge is -2.32. The Kier molecular flexibility index (Phi) is 6.28. The van der Waals surface area contributed by atoms with E-state index in [1.165, 1.54) is 0 Å². The van der Waals surface area contributed by atoms with Gasteiger partial charge in [-0.25, -0.2) is 18.4 Å². The van der Waals surface area contributed by atoms with Crippen molar-refractivity contribution in [2.45, 2.75) is 44.1 Å². The van der Waals surface area contributed by atoms with Crippen molar-refractivity contribution in [3.63, 3.8) is 0 Å². The Morgan fingerprint density at radius 3 is 2.54 bits per heavy atom. The predicted octanol–water partition coefficient (Wildman–Crippen LogP) is 2.33. The molecule has 0 bridgehead atoms. The number of benzene rings is 1. The average molecular weight is 404 g/mol. The summed E-state index contributed by atoms with van der Waals surface area (Å²) in [6.45, 7) is 4.79. The van der Waals surface area contributed by atoms with E-state index in [2.05, 4.69) is 9.97 Å². The molecule has 0 spiro atoms. The predicted molar refractivity (Wildman–Crippen MR) is 105 cm³/mol. The maximum atomic E-state index is 12.6. The maximum absolute atomic E-state index is 12.6. The zero-order chi connectivity index (χ0) is 20.1. The van der Waals surface area contributed by atoms with E-state index < -0.39 is 9.84 Å². The highest BCUT2D eigenvalue weighted by Gasteiger charge is 2.27. The topological polar surface area (TPSA) is 89.5 Å². The van der Waals surface area contributed by atoms with Crippen LogP contribution in [0.4, 0.5) is 0 Å². The summed E-state index contributed by atoms with van der Waals surface area (Å²) < 4.78 is 30.6. The molecule has 0 aliphatic carbocycles. The lowest BCUT2D eigenvalue weighted by Crippen LogP contribution is -2.45. The van der Waals surface area contributed by atoms with Crippen LogP contribution in [0.25, 0.3) is 0 Å². The number of hydrogen-bond acceptors (Lipinski definition) is 6. The quantitative estimate of drug-likeness (QED) is 0.735. The molecule has 8 heteroatoms. The first-order valence-electron chi connectivity index (χ1n) is 9.38. The van der Waals surface area contributed by atoms with E-state index in [9.17, 15) is 13.2 Å². The number of likely N-dealkylation sites (tertiary alicyclic amines) is 1. The van der Waals surface area contributed by atoms with E-state index in [-0.39, 0.29) is 29.1 Å². The molecule has 1 atom stereocenters. The van der Waals surface area contributed by atoms with Crippen LogP contribution >= 0.6 is 0 Å². The molecule has 1 unspecified atom stereocenters. The van der Waals surface area contributed by atoms with Crippen LogP contribution in [0, 0.1) is 13.8 Å². The molecule has 1 aliphatic heterocycles. The van der Waals surface area contributed by atoms with E-state index in [4.69, 9.17) is 4.74 Å². The summed E-state index contributed by atoms with van der Waals surface area (Å²) in [4.78, 5) is 23.0. The summed E-state index contributed by atoms with van der Waals surface area (Å²) in [6.07, 6.45) is 1.38. The zero-order valence-corrected chi connectivity index (χ0v) is 17.0. The van der Waals surface area contributed by atoms with Gasteiger partial charge in [-0.1, -0.05) is 18.2 Å². The minimum atomic E-state index is -3.46. The van der Waals surface area contributed by atoms with Gasteiger partial charge >= 0.3 is 6.01 Å². The summed E-state index contributed by atoms with van der Waals surface area (Å²) >= 11 is 0. The van der Waals surface area contributed by atoms with Gasteiger partial charge in [-0.2, -0.15) is 0 Å². The molecule has 1 aromatic heterocycles. The van der Waals surface area contributed by atoms with E-state index in [0.29, 0.717) is 19.1 Å². The Hall–Kier alpha value is -2.48. The van der Waals surface area contributed by atoms with Gasteiger partial charge in [0.2, 0.25) is 5.91 Å². The van der Waals surface area contributed by atoms with Crippen molar-refractivity contribution in [2.24, 2.45) is 0 Å². The number of hydrogen-bond donors (Lipinski definition) is 0. The molecule has 28 heavy (non-hydrogen) atoms. The zero-order valence-electron chi connectivity index (χ0n) is 16.2. The van der Waals surface area contributed by atoms with Crippen LogP contribution < -0.4 is 4.74 Å². The van der Waals surface area contributed by atoms with Gasteiger partial charge in [0.05, 0.1) is 17.2 Å². The number of nitrogens with zero attached hydrogens (tertiary/aromatic N) is 3. The highest BCUT2D eigenvalue weighted by atomic mass is 32.2. The first-order valence-corrected chi connectivity index (χ1v) is 11.0. The summed E-state index contributed by atoms with van der Waals surface area (Å²) in [6, 6.07) is 10.4. The molecule has 1 aromatic carbocycles. The summed E-state index contributed by atoms with van der Waals surface area (Å²) in [5.74, 6) is -0.368. The molecule has 0 saturated carbocycles. The number of amides is 1. The molecule has 1 fully saturated rings. The molecule has 3 rings (SSSR count). The number of rotatable bonds is 6. The Balaban J connectivity index is 1.57. The molecule has 1 amide bonds. The fourth-order valence-corrected chi connectivity index (χ4v) is 4.53. The van der Waals surface area contributed by atoms with Crippen LogP contribution in [0.5, 0.6) is 6.01 Å².